The van der Waals surface area contributed by atoms with Crippen LogP contribution in [0, 0.1) is 5.41 Å². The van der Waals surface area contributed by atoms with Gasteiger partial charge in [-0.05, 0) is 26.3 Å². The molecule has 0 aromatic carbocycles. The lowest BCUT2D eigenvalue weighted by Gasteiger charge is -2.20. The minimum absolute atomic E-state index is 0.0623. The number of aliphatic hydroxyl groups is 1. The molecule has 0 unspecified atom stereocenters. The van der Waals surface area contributed by atoms with E-state index in [4.69, 9.17) is 11.1 Å². The van der Waals surface area contributed by atoms with E-state index in [1.807, 2.05) is 9.47 Å². The monoisotopic (exact) mass is 384 g/mol. The number of nitrogens with zero attached hydrogens (tertiary/aromatic N) is 4. The molecule has 3 heterocycles. The number of hydrogen-bond acceptors (Lipinski definition) is 6. The summed E-state index contributed by atoms with van der Waals surface area (Å²) >= 11 is 0. The number of likely N-dealkylation sites (tertiary alicyclic amines) is 1. The van der Waals surface area contributed by atoms with Crippen molar-refractivity contribution >= 4 is 23.1 Å². The van der Waals surface area contributed by atoms with Crippen molar-refractivity contribution in [2.24, 2.45) is 0 Å². The molecule has 10 heteroatoms. The number of pyridine rings is 1. The van der Waals surface area contributed by atoms with E-state index in [9.17, 15) is 18.3 Å². The van der Waals surface area contributed by atoms with Crippen molar-refractivity contribution in [3.05, 3.63) is 17.6 Å². The van der Waals surface area contributed by atoms with Gasteiger partial charge in [-0.25, -0.2) is 9.97 Å². The molecule has 7 nitrogen and oxygen atoms in total. The van der Waals surface area contributed by atoms with Crippen molar-refractivity contribution in [1.82, 2.24) is 19.4 Å². The lowest BCUT2D eigenvalue weighted by atomic mass is 10.2. The van der Waals surface area contributed by atoms with E-state index in [2.05, 4.69) is 9.97 Å². The zero-order chi connectivity index (χ0) is 19.8. The summed E-state index contributed by atoms with van der Waals surface area (Å²) < 4.78 is 39.0. The van der Waals surface area contributed by atoms with Crippen LogP contribution in [0.15, 0.2) is 6.20 Å². The molecule has 1 fully saturated rings. The fraction of sp³-hybridized carbons (Fsp3) is 0.588. The van der Waals surface area contributed by atoms with E-state index >= 15 is 0 Å². The summed E-state index contributed by atoms with van der Waals surface area (Å²) in [6, 6.07) is -0.0639. The first-order valence-electron chi connectivity index (χ1n) is 8.85. The highest BCUT2D eigenvalue weighted by atomic mass is 19.4. The van der Waals surface area contributed by atoms with Crippen molar-refractivity contribution in [2.75, 3.05) is 25.4 Å². The molecule has 3 rings (SSSR count). The second-order valence-corrected chi connectivity index (χ2v) is 6.91. The number of nitrogen functional groups attached to an aromatic ring is 1. The van der Waals surface area contributed by atoms with Crippen LogP contribution in [0.1, 0.15) is 49.7 Å². The number of halogens is 3. The quantitative estimate of drug-likeness (QED) is 0.664. The molecular formula is C17H23F3N6O. The highest BCUT2D eigenvalue weighted by Crippen LogP contribution is 2.33. The molecule has 148 valence electrons. The number of anilines is 1. The smallest absolute Gasteiger partial charge is 0.385 e. The zero-order valence-corrected chi connectivity index (χ0v) is 15.0. The van der Waals surface area contributed by atoms with E-state index < -0.39 is 18.7 Å². The van der Waals surface area contributed by atoms with Crippen LogP contribution in [-0.2, 0) is 0 Å². The Balaban J connectivity index is 1.89. The van der Waals surface area contributed by atoms with Gasteiger partial charge in [-0.2, -0.15) is 13.2 Å². The van der Waals surface area contributed by atoms with E-state index in [0.29, 0.717) is 42.1 Å². The molecule has 2 atom stereocenters. The minimum Gasteiger partial charge on any atom is -0.385 e. The van der Waals surface area contributed by atoms with Gasteiger partial charge in [-0.15, -0.1) is 0 Å². The van der Waals surface area contributed by atoms with Crippen LogP contribution in [0.5, 0.6) is 0 Å². The van der Waals surface area contributed by atoms with Crippen LogP contribution in [0.3, 0.4) is 0 Å². The first-order valence-corrected chi connectivity index (χ1v) is 8.85. The van der Waals surface area contributed by atoms with Crippen LogP contribution in [0.4, 0.5) is 19.0 Å². The van der Waals surface area contributed by atoms with E-state index in [1.165, 1.54) is 6.20 Å². The first kappa shape index (κ1) is 19.6. The third-order valence-electron chi connectivity index (χ3n) is 4.89. The molecule has 0 spiro atoms. The van der Waals surface area contributed by atoms with Gasteiger partial charge in [0.05, 0.1) is 17.3 Å². The van der Waals surface area contributed by atoms with Gasteiger partial charge in [0.2, 0.25) is 0 Å². The first-order chi connectivity index (χ1) is 12.7. The number of nitrogens with one attached hydrogen (secondary N) is 1. The molecule has 2 aromatic heterocycles. The summed E-state index contributed by atoms with van der Waals surface area (Å²) in [5, 5.41) is 17.8. The van der Waals surface area contributed by atoms with Gasteiger partial charge in [0.15, 0.2) is 0 Å². The number of fused-ring (bicyclic) bond motifs is 1. The predicted octanol–water partition coefficient (Wildman–Crippen LogP) is 2.65. The fourth-order valence-electron chi connectivity index (χ4n) is 3.68. The van der Waals surface area contributed by atoms with Crippen molar-refractivity contribution in [3.8, 4) is 0 Å². The molecule has 4 N–H and O–H groups in total. The van der Waals surface area contributed by atoms with Gasteiger partial charge in [-0.1, -0.05) is 0 Å². The second kappa shape index (κ2) is 7.43. The number of hydrogen-bond donors (Lipinski definition) is 3. The van der Waals surface area contributed by atoms with E-state index in [1.54, 1.807) is 6.92 Å². The molecule has 1 aliphatic heterocycles. The van der Waals surface area contributed by atoms with Gasteiger partial charge < -0.3 is 25.7 Å². The van der Waals surface area contributed by atoms with Crippen molar-refractivity contribution < 1.29 is 18.3 Å². The summed E-state index contributed by atoms with van der Waals surface area (Å²) in [7, 11) is 0. The molecular weight excluding hydrogens is 361 g/mol. The number of rotatable bonds is 6. The molecule has 2 aromatic rings. The van der Waals surface area contributed by atoms with Gasteiger partial charge in [0, 0.05) is 31.8 Å². The number of nitrogens with two attached hydrogens (primary N) is 1. The Morgan fingerprint density at radius 1 is 1.48 bits per heavy atom. The topological polar surface area (TPSA) is 104 Å². The number of alkyl halides is 3. The Bertz CT molecular complexity index is 832. The molecule has 27 heavy (non-hydrogen) atoms. The minimum atomic E-state index is -4.14. The Morgan fingerprint density at radius 3 is 2.85 bits per heavy atom. The predicted molar refractivity (Wildman–Crippen MR) is 95.8 cm³/mol. The molecule has 0 bridgehead atoms. The standard InChI is InChI=1S/C17H23F3N6O/c1-10(27)16-24-13-8-23-15(22)12(7-21)14(13)26(16)11-3-6-25(9-11)5-2-4-17(18,19)20/h7-8,10-11,21,27H,2-6,9H2,1H3,(H2,22,23)/t10-,11+/m1/s1. The molecule has 0 radical (unpaired) electrons. The lowest BCUT2D eigenvalue weighted by Crippen LogP contribution is -2.25. The summed E-state index contributed by atoms with van der Waals surface area (Å²) in [6.07, 6.45) is -2.36. The Morgan fingerprint density at radius 2 is 2.22 bits per heavy atom. The second-order valence-electron chi connectivity index (χ2n) is 6.91. The lowest BCUT2D eigenvalue weighted by molar-refractivity contribution is -0.136. The Labute approximate surface area is 154 Å². The molecule has 0 amide bonds. The normalized spacial score (nSPS) is 19.7. The highest BCUT2D eigenvalue weighted by molar-refractivity contribution is 5.99. The Kier molecular flexibility index (Phi) is 5.38. The number of aliphatic hydroxyl groups excluding tert-OH is 1. The molecule has 1 saturated heterocycles. The van der Waals surface area contributed by atoms with Gasteiger partial charge >= 0.3 is 6.18 Å². The maximum Gasteiger partial charge on any atom is 0.389 e. The highest BCUT2D eigenvalue weighted by Gasteiger charge is 2.31. The van der Waals surface area contributed by atoms with Crippen LogP contribution in [0.2, 0.25) is 0 Å². The maximum atomic E-state index is 12.4. The third kappa shape index (κ3) is 4.06. The summed E-state index contributed by atoms with van der Waals surface area (Å²) in [5.41, 5.74) is 7.50. The molecule has 1 aliphatic rings. The number of imidazole rings is 1. The zero-order valence-electron chi connectivity index (χ0n) is 15.0. The fourth-order valence-corrected chi connectivity index (χ4v) is 3.68. The number of aromatic nitrogens is 3. The maximum absolute atomic E-state index is 12.4. The van der Waals surface area contributed by atoms with Crippen LogP contribution < -0.4 is 5.73 Å². The van der Waals surface area contributed by atoms with Gasteiger partial charge in [0.25, 0.3) is 0 Å². The van der Waals surface area contributed by atoms with E-state index in [0.717, 1.165) is 12.6 Å². The average Bonchev–Trinajstić information content (AvgIpc) is 3.17. The van der Waals surface area contributed by atoms with Gasteiger partial charge in [-0.3, -0.25) is 0 Å². The Hall–Kier alpha value is -2.20. The van der Waals surface area contributed by atoms with Crippen molar-refractivity contribution in [1.29, 1.82) is 5.41 Å². The average molecular weight is 384 g/mol. The molecule has 0 aliphatic carbocycles. The molecule has 0 saturated carbocycles. The van der Waals surface area contributed by atoms with Crippen molar-refractivity contribution in [2.45, 2.75) is 44.5 Å². The van der Waals surface area contributed by atoms with Crippen LogP contribution in [0.25, 0.3) is 11.0 Å². The van der Waals surface area contributed by atoms with Gasteiger partial charge in [0.1, 0.15) is 23.3 Å². The largest absolute Gasteiger partial charge is 0.389 e. The summed E-state index contributed by atoms with van der Waals surface area (Å²) in [5.74, 6) is 0.651. The summed E-state index contributed by atoms with van der Waals surface area (Å²) in [4.78, 5) is 10.5. The van der Waals surface area contributed by atoms with E-state index in [-0.39, 0.29) is 18.3 Å². The van der Waals surface area contributed by atoms with Crippen molar-refractivity contribution in [3.63, 3.8) is 0 Å². The summed E-state index contributed by atoms with van der Waals surface area (Å²) in [6.45, 7) is 3.20. The SMILES string of the molecule is C[C@@H](O)c1nc2cnc(N)c(C=N)c2n1[C@H]1CCN(CCCC(F)(F)F)C1. The van der Waals surface area contributed by atoms with Crippen LogP contribution >= 0.6 is 0 Å². The third-order valence-corrected chi connectivity index (χ3v) is 4.89. The van der Waals surface area contributed by atoms with Crippen LogP contribution in [-0.4, -0.2) is 56.6 Å².